The summed E-state index contributed by atoms with van der Waals surface area (Å²) in [6.45, 7) is 3.33. The maximum Gasteiger partial charge on any atom is 0.146 e. The second kappa shape index (κ2) is 7.29. The molecular weight excluding hydrogens is 321 g/mol. The zero-order chi connectivity index (χ0) is 14.4. The molecule has 2 nitrogen and oxygen atoms in total. The molecular formula is C16H17BrFNO. The third kappa shape index (κ3) is 4.23. The van der Waals surface area contributed by atoms with E-state index in [4.69, 9.17) is 4.74 Å². The molecule has 4 heteroatoms. The van der Waals surface area contributed by atoms with Crippen molar-refractivity contribution in [3.05, 3.63) is 58.3 Å². The van der Waals surface area contributed by atoms with Crippen molar-refractivity contribution in [2.45, 2.75) is 19.9 Å². The molecule has 0 bridgehead atoms. The topological polar surface area (TPSA) is 21.3 Å². The molecule has 0 aliphatic carbocycles. The van der Waals surface area contributed by atoms with Gasteiger partial charge in [-0.15, -0.1) is 0 Å². The van der Waals surface area contributed by atoms with Gasteiger partial charge in [0.1, 0.15) is 11.6 Å². The average molecular weight is 338 g/mol. The summed E-state index contributed by atoms with van der Waals surface area (Å²) >= 11 is 3.34. The number of ether oxygens (including phenoxy) is 1. The molecule has 0 atom stereocenters. The molecule has 2 aromatic carbocycles. The Labute approximate surface area is 127 Å². The van der Waals surface area contributed by atoms with Gasteiger partial charge in [0, 0.05) is 11.0 Å². The standard InChI is InChI=1S/C16H17BrFNO/c1-2-8-20-14-5-3-4-12(9-14)11-19-16-10-13(17)6-7-15(16)18/h3-7,9-10,19H,2,8,11H2,1H3. The molecule has 0 amide bonds. The largest absolute Gasteiger partial charge is 0.494 e. The molecule has 0 radical (unpaired) electrons. The summed E-state index contributed by atoms with van der Waals surface area (Å²) in [5.74, 6) is 0.590. The van der Waals surface area contributed by atoms with Gasteiger partial charge in [0.2, 0.25) is 0 Å². The fraction of sp³-hybridized carbons (Fsp3) is 0.250. The third-order valence-electron chi connectivity index (χ3n) is 2.78. The van der Waals surface area contributed by atoms with Gasteiger partial charge in [-0.3, -0.25) is 0 Å². The highest BCUT2D eigenvalue weighted by Gasteiger charge is 2.03. The number of rotatable bonds is 6. The van der Waals surface area contributed by atoms with Crippen LogP contribution in [0.4, 0.5) is 10.1 Å². The fourth-order valence-electron chi connectivity index (χ4n) is 1.80. The van der Waals surface area contributed by atoms with Crippen molar-refractivity contribution < 1.29 is 9.13 Å². The zero-order valence-electron chi connectivity index (χ0n) is 11.3. The van der Waals surface area contributed by atoms with Crippen molar-refractivity contribution in [2.75, 3.05) is 11.9 Å². The minimum absolute atomic E-state index is 0.258. The lowest BCUT2D eigenvalue weighted by molar-refractivity contribution is 0.317. The molecule has 0 spiro atoms. The van der Waals surface area contributed by atoms with E-state index in [0.717, 1.165) is 22.2 Å². The SMILES string of the molecule is CCCOc1cccc(CNc2cc(Br)ccc2F)c1. The lowest BCUT2D eigenvalue weighted by Gasteiger charge is -2.10. The van der Waals surface area contributed by atoms with Gasteiger partial charge in [-0.25, -0.2) is 4.39 Å². The van der Waals surface area contributed by atoms with Crippen LogP contribution in [-0.4, -0.2) is 6.61 Å². The number of hydrogen-bond acceptors (Lipinski definition) is 2. The molecule has 0 aliphatic rings. The highest BCUT2D eigenvalue weighted by Crippen LogP contribution is 2.21. The number of anilines is 1. The van der Waals surface area contributed by atoms with E-state index in [1.807, 2.05) is 24.3 Å². The van der Waals surface area contributed by atoms with Gasteiger partial charge in [-0.1, -0.05) is 35.0 Å². The number of benzene rings is 2. The summed E-state index contributed by atoms with van der Waals surface area (Å²) in [5, 5.41) is 3.09. The Balaban J connectivity index is 2.01. The van der Waals surface area contributed by atoms with Crippen LogP contribution in [0.3, 0.4) is 0 Å². The van der Waals surface area contributed by atoms with Crippen molar-refractivity contribution in [2.24, 2.45) is 0 Å². The summed E-state index contributed by atoms with van der Waals surface area (Å²) in [5.41, 5.74) is 1.54. The van der Waals surface area contributed by atoms with E-state index >= 15 is 0 Å². The van der Waals surface area contributed by atoms with Crippen LogP contribution < -0.4 is 10.1 Å². The van der Waals surface area contributed by atoms with Crippen molar-refractivity contribution in [3.63, 3.8) is 0 Å². The Morgan fingerprint density at radius 1 is 1.20 bits per heavy atom. The lowest BCUT2D eigenvalue weighted by Crippen LogP contribution is -2.02. The smallest absolute Gasteiger partial charge is 0.146 e. The van der Waals surface area contributed by atoms with Crippen LogP contribution in [0.2, 0.25) is 0 Å². The van der Waals surface area contributed by atoms with Crippen LogP contribution in [0.1, 0.15) is 18.9 Å². The summed E-state index contributed by atoms with van der Waals surface area (Å²) < 4.78 is 20.0. The average Bonchev–Trinajstić information content (AvgIpc) is 2.46. The maximum atomic E-state index is 13.6. The fourth-order valence-corrected chi connectivity index (χ4v) is 2.16. The van der Waals surface area contributed by atoms with Gasteiger partial charge >= 0.3 is 0 Å². The first kappa shape index (κ1) is 14.9. The zero-order valence-corrected chi connectivity index (χ0v) is 12.9. The predicted octanol–water partition coefficient (Wildman–Crippen LogP) is 4.99. The Morgan fingerprint density at radius 3 is 2.85 bits per heavy atom. The molecule has 0 aromatic heterocycles. The van der Waals surface area contributed by atoms with Crippen LogP contribution in [0, 0.1) is 5.82 Å². The quantitative estimate of drug-likeness (QED) is 0.801. The molecule has 0 aliphatic heterocycles. The van der Waals surface area contributed by atoms with E-state index in [0.29, 0.717) is 18.8 Å². The molecule has 2 rings (SSSR count). The van der Waals surface area contributed by atoms with E-state index < -0.39 is 0 Å². The first-order valence-corrected chi connectivity index (χ1v) is 7.39. The van der Waals surface area contributed by atoms with Crippen LogP contribution >= 0.6 is 15.9 Å². The van der Waals surface area contributed by atoms with Crippen molar-refractivity contribution in [1.82, 2.24) is 0 Å². The Hall–Kier alpha value is -1.55. The maximum absolute atomic E-state index is 13.6. The van der Waals surface area contributed by atoms with E-state index in [2.05, 4.69) is 28.2 Å². The van der Waals surface area contributed by atoms with Gasteiger partial charge in [-0.2, -0.15) is 0 Å². The molecule has 0 unspecified atom stereocenters. The molecule has 1 N–H and O–H groups in total. The molecule has 0 heterocycles. The first-order chi connectivity index (χ1) is 9.69. The Bertz CT molecular complexity index is 574. The minimum Gasteiger partial charge on any atom is -0.494 e. The highest BCUT2D eigenvalue weighted by molar-refractivity contribution is 9.10. The number of hydrogen-bond donors (Lipinski definition) is 1. The summed E-state index contributed by atoms with van der Waals surface area (Å²) in [7, 11) is 0. The van der Waals surface area contributed by atoms with E-state index in [-0.39, 0.29) is 5.82 Å². The van der Waals surface area contributed by atoms with Gasteiger partial charge in [0.25, 0.3) is 0 Å². The lowest BCUT2D eigenvalue weighted by atomic mass is 10.2. The highest BCUT2D eigenvalue weighted by atomic mass is 79.9. The minimum atomic E-state index is -0.258. The molecule has 20 heavy (non-hydrogen) atoms. The molecule has 0 fully saturated rings. The first-order valence-electron chi connectivity index (χ1n) is 6.59. The summed E-state index contributed by atoms with van der Waals surface area (Å²) in [6.07, 6.45) is 0.978. The number of halogens is 2. The van der Waals surface area contributed by atoms with Gasteiger partial charge < -0.3 is 10.1 Å². The Kier molecular flexibility index (Phi) is 5.41. The summed E-state index contributed by atoms with van der Waals surface area (Å²) in [4.78, 5) is 0. The van der Waals surface area contributed by atoms with Crippen molar-refractivity contribution >= 4 is 21.6 Å². The molecule has 0 saturated carbocycles. The Morgan fingerprint density at radius 2 is 2.05 bits per heavy atom. The summed E-state index contributed by atoms with van der Waals surface area (Å²) in [6, 6.07) is 12.7. The monoisotopic (exact) mass is 337 g/mol. The normalized spacial score (nSPS) is 10.3. The van der Waals surface area contributed by atoms with Crippen molar-refractivity contribution in [1.29, 1.82) is 0 Å². The molecule has 0 saturated heterocycles. The number of nitrogens with one attached hydrogen (secondary N) is 1. The van der Waals surface area contributed by atoms with Crippen LogP contribution in [0.15, 0.2) is 46.9 Å². The van der Waals surface area contributed by atoms with E-state index in [1.165, 1.54) is 6.07 Å². The second-order valence-corrected chi connectivity index (χ2v) is 5.39. The second-order valence-electron chi connectivity index (χ2n) is 4.47. The van der Waals surface area contributed by atoms with Crippen LogP contribution in [0.5, 0.6) is 5.75 Å². The molecule has 2 aromatic rings. The van der Waals surface area contributed by atoms with Gasteiger partial charge in [0.05, 0.1) is 12.3 Å². The van der Waals surface area contributed by atoms with E-state index in [9.17, 15) is 4.39 Å². The van der Waals surface area contributed by atoms with Crippen LogP contribution in [-0.2, 0) is 6.54 Å². The van der Waals surface area contributed by atoms with Gasteiger partial charge in [-0.05, 0) is 42.3 Å². The molecule has 106 valence electrons. The van der Waals surface area contributed by atoms with E-state index in [1.54, 1.807) is 12.1 Å². The van der Waals surface area contributed by atoms with Gasteiger partial charge in [0.15, 0.2) is 0 Å². The van der Waals surface area contributed by atoms with Crippen LogP contribution in [0.25, 0.3) is 0 Å². The van der Waals surface area contributed by atoms with Crippen molar-refractivity contribution in [3.8, 4) is 5.75 Å². The predicted molar refractivity (Wildman–Crippen MR) is 83.7 cm³/mol. The third-order valence-corrected chi connectivity index (χ3v) is 3.28.